The molecule has 0 unspecified atom stereocenters. The Morgan fingerprint density at radius 2 is 0.800 bits per heavy atom. The number of rotatable bonds is 0. The van der Waals surface area contributed by atoms with Gasteiger partial charge in [0.05, 0.1) is 0 Å². The van der Waals surface area contributed by atoms with E-state index >= 15 is 0 Å². The molecular weight excluding hydrogens is 96.6 g/mol. The minimum absolute atomic E-state index is 0. The first kappa shape index (κ1) is 94.2. The molecule has 0 heterocycles. The third-order valence-corrected chi connectivity index (χ3v) is 0. The molecule has 0 bridgehead atoms. The van der Waals surface area contributed by atoms with Crippen LogP contribution in [0, 0.1) is 0 Å². The molecule has 0 aliphatic rings. The fourth-order valence-electron chi connectivity index (χ4n) is 0. The van der Waals surface area contributed by atoms with Crippen LogP contribution in [0.2, 0.25) is 0 Å². The van der Waals surface area contributed by atoms with Gasteiger partial charge in [0.15, 0.2) is 0 Å². The molecule has 0 saturated carbocycles. The Kier molecular flexibility index (Phi) is 995. The molecule has 28 valence electrons. The van der Waals surface area contributed by atoms with Gasteiger partial charge in [-0.1, -0.05) is 0 Å². The average molecular weight is 103 g/mol. The smallest absolute Gasteiger partial charge is 1.00 e. The van der Waals surface area contributed by atoms with Crippen molar-refractivity contribution in [3.8, 4) is 0 Å². The van der Waals surface area contributed by atoms with E-state index in [-0.39, 0.29) is 65.4 Å². The van der Waals surface area contributed by atoms with Crippen molar-refractivity contribution in [2.75, 3.05) is 0 Å². The molecule has 0 aliphatic carbocycles. The van der Waals surface area contributed by atoms with Crippen molar-refractivity contribution in [1.82, 2.24) is 0 Å². The molecule has 0 rings (SSSR count). The van der Waals surface area contributed by atoms with Crippen LogP contribution in [0.25, 0.3) is 0 Å². The monoisotopic (exact) mass is 102 g/mol. The maximum absolute atomic E-state index is 0. The molecule has 5 heavy (non-hydrogen) atoms. The van der Waals surface area contributed by atoms with Gasteiger partial charge < -0.3 is 19.3 Å². The van der Waals surface area contributed by atoms with E-state index in [2.05, 4.69) is 0 Å². The maximum Gasteiger partial charge on any atom is 2.00 e. The molecule has 0 saturated heterocycles. The molecule has 0 fully saturated rings. The summed E-state index contributed by atoms with van der Waals surface area (Å²) in [6.45, 7) is 0. The SMILES string of the molecule is O.[H-].[H-].[Mg+2].[Mg+2].[OH-].[OH-]. The van der Waals surface area contributed by atoms with E-state index in [1.54, 1.807) is 0 Å². The summed E-state index contributed by atoms with van der Waals surface area (Å²) in [6, 6.07) is 0. The van der Waals surface area contributed by atoms with Crippen molar-refractivity contribution >= 4 is 46.1 Å². The van der Waals surface area contributed by atoms with Gasteiger partial charge in [-0.25, -0.2) is 0 Å². The molecule has 3 nitrogen and oxygen atoms in total. The topological polar surface area (TPSA) is 91.5 Å². The van der Waals surface area contributed by atoms with Crippen molar-refractivity contribution < 1.29 is 19.3 Å². The summed E-state index contributed by atoms with van der Waals surface area (Å²) in [4.78, 5) is 0. The second kappa shape index (κ2) is 52.8. The molecule has 0 aliphatic heterocycles. The van der Waals surface area contributed by atoms with Crippen molar-refractivity contribution in [3.05, 3.63) is 0 Å². The van der Waals surface area contributed by atoms with Crippen molar-refractivity contribution in [1.29, 1.82) is 0 Å². The second-order valence-corrected chi connectivity index (χ2v) is 0. The van der Waals surface area contributed by atoms with E-state index in [9.17, 15) is 0 Å². The Morgan fingerprint density at radius 1 is 0.800 bits per heavy atom. The van der Waals surface area contributed by atoms with Gasteiger partial charge in [-0.2, -0.15) is 0 Å². The first-order valence-electron chi connectivity index (χ1n) is 0. The summed E-state index contributed by atoms with van der Waals surface area (Å²) in [5.74, 6) is 0. The predicted molar refractivity (Wildman–Crippen MR) is 21.2 cm³/mol. The van der Waals surface area contributed by atoms with Crippen LogP contribution in [0.5, 0.6) is 0 Å². The van der Waals surface area contributed by atoms with E-state index in [1.165, 1.54) is 0 Å². The van der Waals surface area contributed by atoms with E-state index in [4.69, 9.17) is 0 Å². The van der Waals surface area contributed by atoms with Gasteiger partial charge in [0.2, 0.25) is 0 Å². The Hall–Kier alpha value is 1.41. The standard InChI is InChI=1S/2Mg.3H2O.2H/h;;3*1H2;;/q2*+2;;;;2*-1/p-2. The van der Waals surface area contributed by atoms with Crippen LogP contribution in [-0.2, 0) is 0 Å². The number of hydrogen-bond acceptors (Lipinski definition) is 2. The van der Waals surface area contributed by atoms with Crippen LogP contribution in [-0.4, -0.2) is 62.5 Å². The van der Waals surface area contributed by atoms with Gasteiger partial charge in [-0.15, -0.1) is 0 Å². The first-order valence-corrected chi connectivity index (χ1v) is 0. The predicted octanol–water partition coefficient (Wildman–Crippen LogP) is -1.71. The summed E-state index contributed by atoms with van der Waals surface area (Å²) >= 11 is 0. The summed E-state index contributed by atoms with van der Waals surface area (Å²) in [6.07, 6.45) is 0. The third kappa shape index (κ3) is 31.6. The first-order chi connectivity index (χ1) is 0. The van der Waals surface area contributed by atoms with Gasteiger partial charge >= 0.3 is 46.1 Å². The number of hydrogen-bond donors (Lipinski definition) is 0. The Labute approximate surface area is 65.3 Å². The van der Waals surface area contributed by atoms with Crippen molar-refractivity contribution in [2.24, 2.45) is 0 Å². The maximum atomic E-state index is 0. The van der Waals surface area contributed by atoms with Crippen LogP contribution in [0.3, 0.4) is 0 Å². The molecule has 0 aromatic carbocycles. The van der Waals surface area contributed by atoms with Crippen molar-refractivity contribution in [2.45, 2.75) is 0 Å². The Morgan fingerprint density at radius 3 is 0.800 bits per heavy atom. The minimum Gasteiger partial charge on any atom is -1.00 e. The molecule has 0 atom stereocenters. The summed E-state index contributed by atoms with van der Waals surface area (Å²) in [5.41, 5.74) is 0. The molecule has 0 aromatic heterocycles. The van der Waals surface area contributed by atoms with Gasteiger partial charge in [0.25, 0.3) is 0 Å². The fraction of sp³-hybridized carbons (Fsp3) is 0. The van der Waals surface area contributed by atoms with E-state index in [0.717, 1.165) is 0 Å². The van der Waals surface area contributed by atoms with Gasteiger partial charge in [0, 0.05) is 0 Å². The van der Waals surface area contributed by atoms with E-state index in [0.29, 0.717) is 0 Å². The van der Waals surface area contributed by atoms with Crippen molar-refractivity contribution in [3.63, 3.8) is 0 Å². The summed E-state index contributed by atoms with van der Waals surface area (Å²) in [5, 5.41) is 0. The van der Waals surface area contributed by atoms with E-state index < -0.39 is 0 Å². The average Bonchev–Trinajstić information content (AvgIpc) is 0. The van der Waals surface area contributed by atoms with Crippen LogP contribution in [0.4, 0.5) is 0 Å². The van der Waals surface area contributed by atoms with Gasteiger partial charge in [-0.3, -0.25) is 0 Å². The normalized spacial score (nSPS) is 0. The summed E-state index contributed by atoms with van der Waals surface area (Å²) in [7, 11) is 0. The summed E-state index contributed by atoms with van der Waals surface area (Å²) < 4.78 is 0. The molecule has 0 amide bonds. The Balaban J connectivity index is 0. The molecule has 5 heteroatoms. The van der Waals surface area contributed by atoms with Gasteiger partial charge in [0.1, 0.15) is 0 Å². The zero-order valence-corrected chi connectivity index (χ0v) is 5.64. The Bertz CT molecular complexity index is 10.9. The zero-order valence-electron chi connectivity index (χ0n) is 4.81. The van der Waals surface area contributed by atoms with Crippen LogP contribution >= 0.6 is 0 Å². The molecular formula is H6Mg2O3. The minimum atomic E-state index is 0. The van der Waals surface area contributed by atoms with E-state index in [1.807, 2.05) is 0 Å². The molecule has 0 radical (unpaired) electrons. The van der Waals surface area contributed by atoms with Crippen LogP contribution < -0.4 is 0 Å². The quantitative estimate of drug-likeness (QED) is 0.341. The molecule has 0 spiro atoms. The molecule has 4 N–H and O–H groups in total. The third-order valence-electron chi connectivity index (χ3n) is 0. The van der Waals surface area contributed by atoms with Gasteiger partial charge in [-0.05, 0) is 0 Å². The zero-order chi connectivity index (χ0) is 0. The van der Waals surface area contributed by atoms with Crippen LogP contribution in [0.1, 0.15) is 2.85 Å². The molecule has 0 aromatic rings. The van der Waals surface area contributed by atoms with Crippen LogP contribution in [0.15, 0.2) is 0 Å². The largest absolute Gasteiger partial charge is 2.00 e. The fourth-order valence-corrected chi connectivity index (χ4v) is 0. The second-order valence-electron chi connectivity index (χ2n) is 0.